The summed E-state index contributed by atoms with van der Waals surface area (Å²) in [5.41, 5.74) is -0.794. The van der Waals surface area contributed by atoms with Gasteiger partial charge in [0.1, 0.15) is 6.04 Å². The van der Waals surface area contributed by atoms with Gasteiger partial charge in [-0.05, 0) is 25.0 Å². The lowest BCUT2D eigenvalue weighted by atomic mass is 10.0. The van der Waals surface area contributed by atoms with Crippen molar-refractivity contribution in [2.75, 3.05) is 11.4 Å². The standard InChI is InChI=1S/C18H18F3N3O2/c1-23-10-13(14(11-23)18(19,20)21)16(25)22-15-8-5-9-24(17(15)26)12-6-3-2-4-7-12/h2-4,6-7,10-11,15H,5,8-9H2,1H3,(H,22,25)/t15-/m1/s1. The number of hydrogen-bond acceptors (Lipinski definition) is 2. The summed E-state index contributed by atoms with van der Waals surface area (Å²) in [6.07, 6.45) is -1.64. The van der Waals surface area contributed by atoms with Crippen molar-refractivity contribution >= 4 is 17.5 Å². The number of anilines is 1. The predicted molar refractivity (Wildman–Crippen MR) is 89.7 cm³/mol. The highest BCUT2D eigenvalue weighted by Crippen LogP contribution is 2.32. The lowest BCUT2D eigenvalue weighted by Gasteiger charge is -2.32. The summed E-state index contributed by atoms with van der Waals surface area (Å²) in [7, 11) is 1.41. The van der Waals surface area contributed by atoms with E-state index in [4.69, 9.17) is 0 Å². The van der Waals surface area contributed by atoms with E-state index in [9.17, 15) is 22.8 Å². The second-order valence-electron chi connectivity index (χ2n) is 6.24. The second-order valence-corrected chi connectivity index (χ2v) is 6.24. The number of nitrogens with one attached hydrogen (secondary N) is 1. The van der Waals surface area contributed by atoms with Crippen molar-refractivity contribution in [2.24, 2.45) is 7.05 Å². The number of halogens is 3. The van der Waals surface area contributed by atoms with Gasteiger partial charge in [-0.25, -0.2) is 0 Å². The Bertz CT molecular complexity index is 815. The van der Waals surface area contributed by atoms with Crippen molar-refractivity contribution in [1.82, 2.24) is 9.88 Å². The minimum absolute atomic E-state index is 0.319. The largest absolute Gasteiger partial charge is 0.418 e. The molecular weight excluding hydrogens is 347 g/mol. The number of carbonyl (C=O) groups is 2. The zero-order valence-corrected chi connectivity index (χ0v) is 14.1. The Labute approximate surface area is 148 Å². The van der Waals surface area contributed by atoms with Gasteiger partial charge in [0.05, 0.1) is 11.1 Å². The first-order valence-corrected chi connectivity index (χ1v) is 8.18. The maximum atomic E-state index is 13.1. The van der Waals surface area contributed by atoms with Crippen molar-refractivity contribution < 1.29 is 22.8 Å². The molecule has 2 amide bonds. The van der Waals surface area contributed by atoms with E-state index in [-0.39, 0.29) is 5.91 Å². The smallest absolute Gasteiger partial charge is 0.356 e. The number of alkyl halides is 3. The van der Waals surface area contributed by atoms with Crippen LogP contribution in [0, 0.1) is 0 Å². The van der Waals surface area contributed by atoms with E-state index in [0.717, 1.165) is 12.4 Å². The van der Waals surface area contributed by atoms with E-state index in [1.807, 2.05) is 6.07 Å². The first kappa shape index (κ1) is 18.0. The Morgan fingerprint density at radius 2 is 1.88 bits per heavy atom. The number of benzene rings is 1. The van der Waals surface area contributed by atoms with Crippen molar-refractivity contribution in [3.63, 3.8) is 0 Å². The summed E-state index contributed by atoms with van der Waals surface area (Å²) in [5.74, 6) is -1.22. The first-order chi connectivity index (χ1) is 12.3. The Morgan fingerprint density at radius 3 is 2.54 bits per heavy atom. The van der Waals surface area contributed by atoms with Gasteiger partial charge in [-0.15, -0.1) is 0 Å². The maximum absolute atomic E-state index is 13.1. The number of aryl methyl sites for hydroxylation is 1. The molecule has 1 atom stereocenters. The van der Waals surface area contributed by atoms with Crippen LogP contribution >= 0.6 is 0 Å². The molecule has 0 unspecified atom stereocenters. The Balaban J connectivity index is 1.79. The highest BCUT2D eigenvalue weighted by Gasteiger charge is 2.38. The van der Waals surface area contributed by atoms with E-state index < -0.39 is 29.3 Å². The molecule has 2 aromatic rings. The molecular formula is C18H18F3N3O2. The van der Waals surface area contributed by atoms with Crippen LogP contribution in [0.3, 0.4) is 0 Å². The summed E-state index contributed by atoms with van der Waals surface area (Å²) < 4.78 is 40.5. The molecule has 3 rings (SSSR count). The van der Waals surface area contributed by atoms with E-state index in [1.54, 1.807) is 29.2 Å². The van der Waals surface area contributed by atoms with E-state index in [0.29, 0.717) is 25.1 Å². The van der Waals surface area contributed by atoms with Crippen LogP contribution in [0.4, 0.5) is 18.9 Å². The van der Waals surface area contributed by atoms with Crippen molar-refractivity contribution in [1.29, 1.82) is 0 Å². The SMILES string of the molecule is Cn1cc(C(=O)N[C@@H]2CCCN(c3ccccc3)C2=O)c(C(F)(F)F)c1. The zero-order valence-electron chi connectivity index (χ0n) is 14.1. The molecule has 138 valence electrons. The fourth-order valence-corrected chi connectivity index (χ4v) is 3.10. The van der Waals surface area contributed by atoms with Crippen LogP contribution in [0.2, 0.25) is 0 Å². The number of hydrogen-bond donors (Lipinski definition) is 1. The third kappa shape index (κ3) is 3.58. The number of para-hydroxylation sites is 1. The quantitative estimate of drug-likeness (QED) is 0.909. The lowest BCUT2D eigenvalue weighted by molar-refractivity contribution is -0.137. The highest BCUT2D eigenvalue weighted by atomic mass is 19.4. The van der Waals surface area contributed by atoms with E-state index in [1.165, 1.54) is 11.6 Å². The fourth-order valence-electron chi connectivity index (χ4n) is 3.10. The molecule has 1 aliphatic heterocycles. The molecule has 1 saturated heterocycles. The molecule has 8 heteroatoms. The number of nitrogens with zero attached hydrogens (tertiary/aromatic N) is 2. The van der Waals surface area contributed by atoms with Crippen molar-refractivity contribution in [3.8, 4) is 0 Å². The zero-order chi connectivity index (χ0) is 18.9. The summed E-state index contributed by atoms with van der Waals surface area (Å²) in [5, 5.41) is 2.47. The topological polar surface area (TPSA) is 54.3 Å². The van der Waals surface area contributed by atoms with Crippen LogP contribution in [0.5, 0.6) is 0 Å². The minimum atomic E-state index is -4.64. The summed E-state index contributed by atoms with van der Waals surface area (Å²) in [4.78, 5) is 26.6. The third-order valence-electron chi connectivity index (χ3n) is 4.32. The van der Waals surface area contributed by atoms with Crippen LogP contribution in [-0.2, 0) is 18.0 Å². The molecule has 0 aliphatic carbocycles. The van der Waals surface area contributed by atoms with Crippen molar-refractivity contribution in [3.05, 3.63) is 53.9 Å². The molecule has 0 radical (unpaired) electrons. The average molecular weight is 365 g/mol. The Morgan fingerprint density at radius 1 is 1.19 bits per heavy atom. The maximum Gasteiger partial charge on any atom is 0.418 e. The van der Waals surface area contributed by atoms with Crippen LogP contribution < -0.4 is 10.2 Å². The highest BCUT2D eigenvalue weighted by molar-refractivity contribution is 6.03. The van der Waals surface area contributed by atoms with E-state index in [2.05, 4.69) is 5.32 Å². The fraction of sp³-hybridized carbons (Fsp3) is 0.333. The Kier molecular flexibility index (Phi) is 4.76. The molecule has 1 N–H and O–H groups in total. The van der Waals surface area contributed by atoms with Gasteiger partial charge in [0.15, 0.2) is 0 Å². The molecule has 26 heavy (non-hydrogen) atoms. The van der Waals surface area contributed by atoms with Crippen molar-refractivity contribution in [2.45, 2.75) is 25.1 Å². The monoisotopic (exact) mass is 365 g/mol. The van der Waals surface area contributed by atoms with Gasteiger partial charge in [0.2, 0.25) is 5.91 Å². The molecule has 1 aliphatic rings. The number of carbonyl (C=O) groups excluding carboxylic acids is 2. The van der Waals surface area contributed by atoms with Crippen LogP contribution in [0.1, 0.15) is 28.8 Å². The molecule has 2 heterocycles. The third-order valence-corrected chi connectivity index (χ3v) is 4.32. The summed E-state index contributed by atoms with van der Waals surface area (Å²) in [6.45, 7) is 0.508. The number of aromatic nitrogens is 1. The van der Waals surface area contributed by atoms with Crippen LogP contribution in [0.15, 0.2) is 42.7 Å². The first-order valence-electron chi connectivity index (χ1n) is 8.18. The molecule has 0 spiro atoms. The number of piperidine rings is 1. The molecule has 0 saturated carbocycles. The number of amides is 2. The normalized spacial score (nSPS) is 18.1. The Hall–Kier alpha value is -2.77. The van der Waals surface area contributed by atoms with Gasteiger partial charge >= 0.3 is 6.18 Å². The molecule has 1 aromatic heterocycles. The molecule has 1 aromatic carbocycles. The van der Waals surface area contributed by atoms with Crippen LogP contribution in [0.25, 0.3) is 0 Å². The second kappa shape index (κ2) is 6.86. The summed E-state index contributed by atoms with van der Waals surface area (Å²) >= 11 is 0. The van der Waals surface area contributed by atoms with E-state index >= 15 is 0 Å². The van der Waals surface area contributed by atoms with Gasteiger partial charge in [0, 0.05) is 31.7 Å². The minimum Gasteiger partial charge on any atom is -0.356 e. The van der Waals surface area contributed by atoms with Gasteiger partial charge in [0.25, 0.3) is 5.91 Å². The van der Waals surface area contributed by atoms with Gasteiger partial charge < -0.3 is 14.8 Å². The number of rotatable bonds is 3. The molecule has 0 bridgehead atoms. The predicted octanol–water partition coefficient (Wildman–Crippen LogP) is 2.97. The molecule has 5 nitrogen and oxygen atoms in total. The molecule has 1 fully saturated rings. The lowest BCUT2D eigenvalue weighted by Crippen LogP contribution is -2.52. The van der Waals surface area contributed by atoms with Gasteiger partial charge in [-0.1, -0.05) is 18.2 Å². The summed E-state index contributed by atoms with van der Waals surface area (Å²) in [6, 6.07) is 8.13. The van der Waals surface area contributed by atoms with Crippen LogP contribution in [-0.4, -0.2) is 29.0 Å². The van der Waals surface area contributed by atoms with Gasteiger partial charge in [-0.2, -0.15) is 13.2 Å². The average Bonchev–Trinajstić information content (AvgIpc) is 3.00. The van der Waals surface area contributed by atoms with Gasteiger partial charge in [-0.3, -0.25) is 9.59 Å².